The molecule has 4 nitrogen and oxygen atoms in total. The van der Waals surface area contributed by atoms with E-state index in [1.165, 1.54) is 5.56 Å². The molecule has 1 unspecified atom stereocenters. The van der Waals surface area contributed by atoms with Gasteiger partial charge in [-0.15, -0.1) is 0 Å². The van der Waals surface area contributed by atoms with Gasteiger partial charge in [0, 0.05) is 11.8 Å². The Kier molecular flexibility index (Phi) is 5.26. The summed E-state index contributed by atoms with van der Waals surface area (Å²) in [6.07, 6.45) is 1.31. The number of ketones is 1. The van der Waals surface area contributed by atoms with Crippen LogP contribution in [0.25, 0.3) is 11.6 Å². The number of benzene rings is 2. The molecular formula is C25H29NO3. The van der Waals surface area contributed by atoms with Crippen LogP contribution in [0.4, 0.5) is 0 Å². The highest BCUT2D eigenvalue weighted by molar-refractivity contribution is 5.93. The number of amides is 1. The molecule has 0 aliphatic heterocycles. The molecule has 0 heterocycles. The van der Waals surface area contributed by atoms with Crippen molar-refractivity contribution in [1.29, 1.82) is 0 Å². The first-order valence-electron chi connectivity index (χ1n) is 9.88. The summed E-state index contributed by atoms with van der Waals surface area (Å²) in [6, 6.07) is 13.5. The standard InChI is InChI=1S/C25H29NO3/c1-15(12-16-6-8-17(9-7-16)22(28)23(26)29)18-10-11-19-20(13-18)25(4,5)21(27)14-24(19,2)3/h6-13,22,28H,14H2,1-5H3,(H2,26,29)/b15-12-. The summed E-state index contributed by atoms with van der Waals surface area (Å²) in [5.41, 5.74) is 10.4. The zero-order valence-corrected chi connectivity index (χ0v) is 17.7. The number of hydrogen-bond acceptors (Lipinski definition) is 3. The van der Waals surface area contributed by atoms with Gasteiger partial charge in [0.1, 0.15) is 5.78 Å². The average Bonchev–Trinajstić information content (AvgIpc) is 2.66. The first-order valence-corrected chi connectivity index (χ1v) is 9.88. The quantitative estimate of drug-likeness (QED) is 0.763. The van der Waals surface area contributed by atoms with E-state index in [1.807, 2.05) is 39.0 Å². The van der Waals surface area contributed by atoms with Crippen molar-refractivity contribution < 1.29 is 14.7 Å². The van der Waals surface area contributed by atoms with Gasteiger partial charge in [-0.3, -0.25) is 9.59 Å². The van der Waals surface area contributed by atoms with Crippen molar-refractivity contribution in [2.24, 2.45) is 5.73 Å². The van der Waals surface area contributed by atoms with E-state index in [0.717, 1.165) is 22.3 Å². The molecule has 0 bridgehead atoms. The summed E-state index contributed by atoms with van der Waals surface area (Å²) in [6.45, 7) is 10.3. The van der Waals surface area contributed by atoms with E-state index in [2.05, 4.69) is 32.0 Å². The molecule has 3 rings (SSSR count). The number of Topliss-reactive ketones (excluding diaryl/α,β-unsaturated/α-hetero) is 1. The van der Waals surface area contributed by atoms with Crippen LogP contribution in [0, 0.1) is 0 Å². The van der Waals surface area contributed by atoms with E-state index >= 15 is 0 Å². The molecule has 1 amide bonds. The number of nitrogens with two attached hydrogens (primary N) is 1. The lowest BCUT2D eigenvalue weighted by Crippen LogP contribution is -2.42. The summed E-state index contributed by atoms with van der Waals surface area (Å²) >= 11 is 0. The van der Waals surface area contributed by atoms with Crippen molar-refractivity contribution in [3.8, 4) is 0 Å². The van der Waals surface area contributed by atoms with Gasteiger partial charge in [-0.25, -0.2) is 0 Å². The van der Waals surface area contributed by atoms with E-state index in [-0.39, 0.29) is 11.2 Å². The van der Waals surface area contributed by atoms with Crippen molar-refractivity contribution >= 4 is 23.3 Å². The van der Waals surface area contributed by atoms with Crippen molar-refractivity contribution in [2.75, 3.05) is 0 Å². The molecule has 0 spiro atoms. The van der Waals surface area contributed by atoms with E-state index in [4.69, 9.17) is 5.73 Å². The van der Waals surface area contributed by atoms with Gasteiger partial charge in [-0.2, -0.15) is 0 Å². The van der Waals surface area contributed by atoms with Gasteiger partial charge in [0.2, 0.25) is 0 Å². The summed E-state index contributed by atoms with van der Waals surface area (Å²) in [5.74, 6) is -0.490. The number of carbonyl (C=O) groups excluding carboxylic acids is 2. The number of primary amides is 1. The Bertz CT molecular complexity index is 997. The molecule has 0 radical (unpaired) electrons. The maximum absolute atomic E-state index is 12.7. The minimum atomic E-state index is -1.29. The van der Waals surface area contributed by atoms with Crippen molar-refractivity contribution in [1.82, 2.24) is 0 Å². The zero-order valence-electron chi connectivity index (χ0n) is 17.7. The number of aliphatic hydroxyl groups is 1. The second-order valence-electron chi connectivity index (χ2n) is 9.17. The number of hydrogen-bond donors (Lipinski definition) is 2. The largest absolute Gasteiger partial charge is 0.378 e. The average molecular weight is 392 g/mol. The fourth-order valence-electron chi connectivity index (χ4n) is 4.04. The Morgan fingerprint density at radius 3 is 2.28 bits per heavy atom. The molecule has 1 aliphatic carbocycles. The lowest BCUT2D eigenvalue weighted by molar-refractivity contribution is -0.126. The van der Waals surface area contributed by atoms with Crippen LogP contribution < -0.4 is 5.73 Å². The SMILES string of the molecule is C/C(=C/c1ccc(C(O)C(N)=O)cc1)c1ccc2c(c1)C(C)(C)C(=O)CC2(C)C. The normalized spacial score (nSPS) is 18.8. The predicted molar refractivity (Wildman–Crippen MR) is 116 cm³/mol. The summed E-state index contributed by atoms with van der Waals surface area (Å²) < 4.78 is 0. The molecule has 3 N–H and O–H groups in total. The summed E-state index contributed by atoms with van der Waals surface area (Å²) in [7, 11) is 0. The molecule has 1 aliphatic rings. The molecule has 0 aromatic heterocycles. The minimum absolute atomic E-state index is 0.158. The van der Waals surface area contributed by atoms with Crippen LogP contribution in [-0.4, -0.2) is 16.8 Å². The maximum Gasteiger partial charge on any atom is 0.250 e. The molecule has 2 aromatic rings. The van der Waals surface area contributed by atoms with E-state index in [9.17, 15) is 14.7 Å². The smallest absolute Gasteiger partial charge is 0.250 e. The van der Waals surface area contributed by atoms with E-state index < -0.39 is 17.4 Å². The fourth-order valence-corrected chi connectivity index (χ4v) is 4.04. The topological polar surface area (TPSA) is 80.4 Å². The Labute approximate surface area is 172 Å². The minimum Gasteiger partial charge on any atom is -0.378 e. The van der Waals surface area contributed by atoms with Gasteiger partial charge < -0.3 is 10.8 Å². The third-order valence-corrected chi connectivity index (χ3v) is 6.08. The lowest BCUT2D eigenvalue weighted by Gasteiger charge is -2.40. The second-order valence-corrected chi connectivity index (χ2v) is 9.17. The van der Waals surface area contributed by atoms with Crippen molar-refractivity contribution in [3.05, 3.63) is 70.3 Å². The molecule has 4 heteroatoms. The molecular weight excluding hydrogens is 362 g/mol. The van der Waals surface area contributed by atoms with Gasteiger partial charge in [0.15, 0.2) is 6.10 Å². The highest BCUT2D eigenvalue weighted by Crippen LogP contribution is 2.44. The van der Waals surface area contributed by atoms with Crippen LogP contribution in [-0.2, 0) is 20.4 Å². The van der Waals surface area contributed by atoms with Gasteiger partial charge in [0.25, 0.3) is 5.91 Å². The first-order chi connectivity index (χ1) is 13.4. The van der Waals surface area contributed by atoms with E-state index in [1.54, 1.807) is 12.1 Å². The number of rotatable bonds is 4. The van der Waals surface area contributed by atoms with Crippen molar-refractivity contribution in [2.45, 2.75) is 58.0 Å². The van der Waals surface area contributed by atoms with Crippen LogP contribution in [0.15, 0.2) is 42.5 Å². The Morgan fingerprint density at radius 2 is 1.69 bits per heavy atom. The van der Waals surface area contributed by atoms with Crippen LogP contribution in [0.1, 0.15) is 75.0 Å². The predicted octanol–water partition coefficient (Wildman–Crippen LogP) is 4.29. The number of allylic oxidation sites excluding steroid dienone is 1. The molecule has 29 heavy (non-hydrogen) atoms. The molecule has 0 saturated heterocycles. The third kappa shape index (κ3) is 3.90. The molecule has 2 aromatic carbocycles. The maximum atomic E-state index is 12.7. The third-order valence-electron chi connectivity index (χ3n) is 6.08. The van der Waals surface area contributed by atoms with Gasteiger partial charge in [0.05, 0.1) is 0 Å². The van der Waals surface area contributed by atoms with Crippen LogP contribution in [0.3, 0.4) is 0 Å². The van der Waals surface area contributed by atoms with Gasteiger partial charge in [-0.05, 0) is 59.6 Å². The summed E-state index contributed by atoms with van der Waals surface area (Å²) in [4.78, 5) is 23.9. The van der Waals surface area contributed by atoms with Crippen molar-refractivity contribution in [3.63, 3.8) is 0 Å². The highest BCUT2D eigenvalue weighted by atomic mass is 16.3. The van der Waals surface area contributed by atoms with Crippen LogP contribution >= 0.6 is 0 Å². The first kappa shape index (κ1) is 21.0. The number of aliphatic hydroxyl groups excluding tert-OH is 1. The number of carbonyl (C=O) groups is 2. The van der Waals surface area contributed by atoms with Gasteiger partial charge >= 0.3 is 0 Å². The van der Waals surface area contributed by atoms with Crippen LogP contribution in [0.5, 0.6) is 0 Å². The molecule has 0 fully saturated rings. The second kappa shape index (κ2) is 7.27. The van der Waals surface area contributed by atoms with Crippen LogP contribution in [0.2, 0.25) is 0 Å². The van der Waals surface area contributed by atoms with Gasteiger partial charge in [-0.1, -0.05) is 62.4 Å². The lowest BCUT2D eigenvalue weighted by atomic mass is 9.62. The summed E-state index contributed by atoms with van der Waals surface area (Å²) in [5, 5.41) is 9.76. The Balaban J connectivity index is 1.96. The fraction of sp³-hybridized carbons (Fsp3) is 0.360. The van der Waals surface area contributed by atoms with E-state index in [0.29, 0.717) is 12.0 Å². The Morgan fingerprint density at radius 1 is 1.07 bits per heavy atom. The Hall–Kier alpha value is -2.72. The molecule has 1 atom stereocenters. The molecule has 152 valence electrons. The zero-order chi connectivity index (χ0) is 21.6. The highest BCUT2D eigenvalue weighted by Gasteiger charge is 2.43. The molecule has 0 saturated carbocycles. The number of fused-ring (bicyclic) bond motifs is 1. The monoisotopic (exact) mass is 391 g/mol.